The van der Waals surface area contributed by atoms with E-state index < -0.39 is 0 Å². The van der Waals surface area contributed by atoms with Gasteiger partial charge in [-0.3, -0.25) is 0 Å². The van der Waals surface area contributed by atoms with Crippen molar-refractivity contribution in [2.75, 3.05) is 0 Å². The molecule has 9 atom stereocenters. The van der Waals surface area contributed by atoms with E-state index in [0.29, 0.717) is 41.7 Å². The van der Waals surface area contributed by atoms with Gasteiger partial charge in [-0.15, -0.1) is 0 Å². The zero-order valence-electron chi connectivity index (χ0n) is 31.9. The molecule has 9 unspecified atom stereocenters. The van der Waals surface area contributed by atoms with Gasteiger partial charge in [0.25, 0.3) is 0 Å². The van der Waals surface area contributed by atoms with Crippen LogP contribution >= 0.6 is 0 Å². The van der Waals surface area contributed by atoms with Gasteiger partial charge in [-0.05, 0) is 133 Å². The van der Waals surface area contributed by atoms with Gasteiger partial charge in [0.1, 0.15) is 0 Å². The van der Waals surface area contributed by atoms with Gasteiger partial charge in [0.15, 0.2) is 0 Å². The summed E-state index contributed by atoms with van der Waals surface area (Å²) >= 11 is 0. The number of allylic oxidation sites excluding steroid dienone is 19. The third kappa shape index (κ3) is 5.31. The van der Waals surface area contributed by atoms with Crippen molar-refractivity contribution in [2.45, 2.75) is 101 Å². The molecule has 1 aromatic rings. The zero-order valence-corrected chi connectivity index (χ0v) is 31.9. The molecular formula is C52H57N. The molecule has 1 saturated carbocycles. The molecule has 0 heterocycles. The summed E-state index contributed by atoms with van der Waals surface area (Å²) in [5, 5.41) is 0. The summed E-state index contributed by atoms with van der Waals surface area (Å²) in [5.41, 5.74) is 10.9. The molecule has 1 fully saturated rings. The first-order valence-electron chi connectivity index (χ1n) is 21.2. The van der Waals surface area contributed by atoms with E-state index in [9.17, 15) is 0 Å². The summed E-state index contributed by atoms with van der Waals surface area (Å²) < 4.78 is 0. The minimum atomic E-state index is 0.0665. The summed E-state index contributed by atoms with van der Waals surface area (Å²) in [6.07, 6.45) is 60.0. The molecule has 1 aromatic carbocycles. The van der Waals surface area contributed by atoms with Crippen LogP contribution in [0.3, 0.4) is 0 Å². The van der Waals surface area contributed by atoms with Gasteiger partial charge in [0.05, 0.1) is 12.1 Å². The summed E-state index contributed by atoms with van der Waals surface area (Å²) in [5.74, 6) is 3.36. The van der Waals surface area contributed by atoms with E-state index in [1.165, 1.54) is 66.5 Å². The standard InChI is InChI=1S/C52H57N/c1-51(2)47-25-12-9-24-45(47)46-35-42(32-33-48(46)51)53(41-21-15-18-37(34-41)36-16-5-3-6-17-36)40-30-28-39(29-31-40)52(38-19-7-4-8-20-38)49-26-13-10-22-43(49)44-23-11-14-27-50(44)52/h5,9-10,12-19,21-22,24-30,32-33,35,40-41,43-44,46,48-50H,3-4,6-8,11,20,23,31,34H2,1-2H3. The van der Waals surface area contributed by atoms with E-state index in [4.69, 9.17) is 0 Å². The maximum absolute atomic E-state index is 2.82. The largest absolute Gasteiger partial charge is 0.358 e. The number of benzene rings is 1. The first kappa shape index (κ1) is 33.5. The van der Waals surface area contributed by atoms with Crippen LogP contribution in [-0.4, -0.2) is 17.0 Å². The molecule has 9 aliphatic carbocycles. The maximum atomic E-state index is 2.82. The second kappa shape index (κ2) is 13.3. The van der Waals surface area contributed by atoms with Crippen molar-refractivity contribution in [1.29, 1.82) is 0 Å². The van der Waals surface area contributed by atoms with Crippen LogP contribution in [0.4, 0.5) is 0 Å². The molecule has 0 aromatic heterocycles. The fourth-order valence-corrected chi connectivity index (χ4v) is 12.7. The molecule has 0 saturated heterocycles. The highest BCUT2D eigenvalue weighted by Gasteiger charge is 2.60. The minimum absolute atomic E-state index is 0.0665. The quantitative estimate of drug-likeness (QED) is 0.268. The molecule has 0 N–H and O–H groups in total. The van der Waals surface area contributed by atoms with Crippen molar-refractivity contribution in [3.8, 4) is 0 Å². The third-order valence-electron chi connectivity index (χ3n) is 15.1. The molecule has 9 aliphatic rings. The van der Waals surface area contributed by atoms with E-state index >= 15 is 0 Å². The lowest BCUT2D eigenvalue weighted by molar-refractivity contribution is 0.237. The van der Waals surface area contributed by atoms with Crippen LogP contribution in [0.1, 0.15) is 95.1 Å². The van der Waals surface area contributed by atoms with Crippen LogP contribution in [0.2, 0.25) is 0 Å². The first-order chi connectivity index (χ1) is 26.0. The van der Waals surface area contributed by atoms with Crippen molar-refractivity contribution >= 4 is 0 Å². The van der Waals surface area contributed by atoms with Crippen LogP contribution in [-0.2, 0) is 5.41 Å². The van der Waals surface area contributed by atoms with Gasteiger partial charge >= 0.3 is 0 Å². The van der Waals surface area contributed by atoms with Crippen molar-refractivity contribution in [3.05, 3.63) is 179 Å². The van der Waals surface area contributed by atoms with Crippen molar-refractivity contribution in [1.82, 2.24) is 4.90 Å². The molecular weight excluding hydrogens is 639 g/mol. The smallest absolute Gasteiger partial charge is 0.0522 e. The lowest BCUT2D eigenvalue weighted by Crippen LogP contribution is -2.43. The van der Waals surface area contributed by atoms with E-state index in [0.717, 1.165) is 31.6 Å². The monoisotopic (exact) mass is 695 g/mol. The third-order valence-corrected chi connectivity index (χ3v) is 15.1. The summed E-state index contributed by atoms with van der Waals surface area (Å²) in [6, 6.07) is 9.86. The Morgan fingerprint density at radius 1 is 0.717 bits per heavy atom. The van der Waals surface area contributed by atoms with Gasteiger partial charge in [0, 0.05) is 17.0 Å². The number of fused-ring (bicyclic) bond motifs is 6. The Labute approximate surface area is 319 Å². The number of rotatable bonds is 6. The average molecular weight is 696 g/mol. The Morgan fingerprint density at radius 2 is 1.64 bits per heavy atom. The first-order valence-corrected chi connectivity index (χ1v) is 21.2. The Morgan fingerprint density at radius 3 is 2.49 bits per heavy atom. The van der Waals surface area contributed by atoms with Gasteiger partial charge in [-0.25, -0.2) is 0 Å². The van der Waals surface area contributed by atoms with Crippen molar-refractivity contribution in [3.63, 3.8) is 0 Å². The van der Waals surface area contributed by atoms with Crippen LogP contribution in [0.5, 0.6) is 0 Å². The summed E-state index contributed by atoms with van der Waals surface area (Å²) in [6.45, 7) is 4.91. The molecule has 0 radical (unpaired) electrons. The second-order valence-corrected chi connectivity index (χ2v) is 17.9. The maximum Gasteiger partial charge on any atom is 0.0522 e. The van der Waals surface area contributed by atoms with Crippen LogP contribution < -0.4 is 0 Å². The minimum Gasteiger partial charge on any atom is -0.358 e. The fourth-order valence-electron chi connectivity index (χ4n) is 12.7. The molecule has 1 heteroatoms. The second-order valence-electron chi connectivity index (χ2n) is 17.9. The molecule has 53 heavy (non-hydrogen) atoms. The van der Waals surface area contributed by atoms with E-state index in [2.05, 4.69) is 158 Å². The lowest BCUT2D eigenvalue weighted by Gasteiger charge is -2.47. The number of hydrogen-bond donors (Lipinski definition) is 0. The molecule has 270 valence electrons. The van der Waals surface area contributed by atoms with Crippen molar-refractivity contribution < 1.29 is 0 Å². The highest BCUT2D eigenvalue weighted by Crippen LogP contribution is 2.67. The predicted molar refractivity (Wildman–Crippen MR) is 222 cm³/mol. The van der Waals surface area contributed by atoms with Gasteiger partial charge in [0.2, 0.25) is 0 Å². The Hall–Kier alpha value is -4.10. The normalized spacial score (nSPS) is 37.1. The van der Waals surface area contributed by atoms with Crippen molar-refractivity contribution in [2.24, 2.45) is 35.0 Å². The summed E-state index contributed by atoms with van der Waals surface area (Å²) in [4.78, 5) is 2.82. The Bertz CT molecular complexity index is 2020. The molecule has 0 aliphatic heterocycles. The molecule has 1 nitrogen and oxygen atoms in total. The zero-order chi connectivity index (χ0) is 35.6. The van der Waals surface area contributed by atoms with Gasteiger partial charge in [-0.1, -0.05) is 153 Å². The van der Waals surface area contributed by atoms with Crippen LogP contribution in [0.25, 0.3) is 0 Å². The summed E-state index contributed by atoms with van der Waals surface area (Å²) in [7, 11) is 0. The topological polar surface area (TPSA) is 3.24 Å². The Kier molecular flexibility index (Phi) is 8.42. The van der Waals surface area contributed by atoms with E-state index in [-0.39, 0.29) is 10.8 Å². The van der Waals surface area contributed by atoms with E-state index in [1.54, 1.807) is 11.1 Å². The number of nitrogens with zero attached hydrogens (tertiary/aromatic N) is 1. The fraction of sp³-hybridized carbons (Fsp3) is 0.423. The highest BCUT2D eigenvalue weighted by molar-refractivity contribution is 5.53. The molecule has 0 amide bonds. The number of hydrogen-bond acceptors (Lipinski definition) is 1. The average Bonchev–Trinajstić information content (AvgIpc) is 3.65. The van der Waals surface area contributed by atoms with Crippen LogP contribution in [0.15, 0.2) is 168 Å². The molecule has 0 spiro atoms. The van der Waals surface area contributed by atoms with E-state index in [1.807, 2.05) is 0 Å². The SMILES string of the molecule is CC1(C)c2ccccc2C2C=C(N(C3C=CC(C4(C5=CCCCC5)C5C=CC=CC5C5CCC=CC54)=CC3)C3C=CC=C(C4=CCCC=C4)C3)C=CC21. The highest BCUT2D eigenvalue weighted by atomic mass is 15.2. The predicted octanol–water partition coefficient (Wildman–Crippen LogP) is 12.7. The van der Waals surface area contributed by atoms with Crippen LogP contribution in [0, 0.1) is 35.0 Å². The molecule has 0 bridgehead atoms. The Balaban J connectivity index is 1.04. The lowest BCUT2D eigenvalue weighted by atomic mass is 9.57. The van der Waals surface area contributed by atoms with Gasteiger partial charge < -0.3 is 4.90 Å². The molecule has 10 rings (SSSR count). The van der Waals surface area contributed by atoms with Gasteiger partial charge in [-0.2, -0.15) is 0 Å².